The van der Waals surface area contributed by atoms with Crippen LogP contribution in [-0.4, -0.2) is 205 Å². The van der Waals surface area contributed by atoms with Crippen LogP contribution in [0.1, 0.15) is 137 Å². The molecule has 2 aromatic carbocycles. The predicted molar refractivity (Wildman–Crippen MR) is 396 cm³/mol. The Hall–Kier alpha value is -7.58. The van der Waals surface area contributed by atoms with Crippen LogP contribution >= 0.6 is 45.2 Å². The molecule has 0 bridgehead atoms. The number of aromatic nitrogens is 13. The Morgan fingerprint density at radius 2 is 1.17 bits per heavy atom. The number of rotatable bonds is 32. The van der Waals surface area contributed by atoms with Crippen molar-refractivity contribution < 1.29 is 47.1 Å². The molecule has 5 aromatic heterocycles. The normalized spacial score (nSPS) is 17.4. The molecule has 0 saturated carbocycles. The van der Waals surface area contributed by atoms with E-state index in [9.17, 15) is 19.8 Å². The van der Waals surface area contributed by atoms with Crippen molar-refractivity contribution in [3.8, 4) is 11.5 Å². The van der Waals surface area contributed by atoms with Gasteiger partial charge in [0.1, 0.15) is 35.0 Å². The fraction of sp³-hybridized carbons (Fsp3) is 0.529. The summed E-state index contributed by atoms with van der Waals surface area (Å²) >= 11 is 4.38. The van der Waals surface area contributed by atoms with E-state index >= 15 is 8.63 Å². The Bertz CT molecular complexity index is 3970. The molecule has 101 heavy (non-hydrogen) atoms. The number of carbonyl (C=O) groups excluding carboxylic acids is 2. The fourth-order valence-corrected chi connectivity index (χ4v) is 14.7. The van der Waals surface area contributed by atoms with Gasteiger partial charge in [-0.3, -0.25) is 14.3 Å². The molecule has 4 aliphatic heterocycles. The van der Waals surface area contributed by atoms with E-state index < -0.39 is 31.1 Å². The van der Waals surface area contributed by atoms with Crippen molar-refractivity contribution in [3.05, 3.63) is 131 Å². The van der Waals surface area contributed by atoms with Gasteiger partial charge in [0, 0.05) is 92.8 Å². The van der Waals surface area contributed by atoms with E-state index in [1.807, 2.05) is 68.0 Å². The van der Waals surface area contributed by atoms with Gasteiger partial charge in [0.2, 0.25) is 29.7 Å². The number of aryl methyl sites for hydroxylation is 1. The number of hydrogen-bond acceptors (Lipinski definition) is 21. The number of carbonyl (C=O) groups is 2. The standard InChI is InChI=1S/C68H92BF2I2N21O7/c1-9-42(3)60(91-39-56(81-84-91)54(74)36-48-13-17-51(95)18-14-48)64(97)86-23-27-88(28-24-86)67-77-66(78-68(79-67)89-29-25-87(26-30-89)65(98)61(43(4)10-2)92-40-57(82-85-92)55(75)37-49-15-19-52(96)20-16-49)76-21-31-99-32-33-100-34-35-101-41-50-38-90(83-80-50)22-11-12-53-62-44(5)58(72)46(7)93(62)69(70,71)94-47(8)59(73)45(6)63(53)94/h13-20,38-40,42-43,54-55,60-61,95-96H,9-12,21-37,41,74-75H2,1-8H3,(H,76,77,78,79)/t42-,43-,54-,55-,60-,61-/m0/s1. The van der Waals surface area contributed by atoms with E-state index in [2.05, 4.69) is 105 Å². The number of fused-ring (bicyclic) bond motifs is 2. The summed E-state index contributed by atoms with van der Waals surface area (Å²) in [6, 6.07) is 11.6. The molecule has 9 heterocycles. The maximum Gasteiger partial charge on any atom is 0.737 e. The number of nitrogens with two attached hydrogens (primary N) is 2. The van der Waals surface area contributed by atoms with E-state index in [0.29, 0.717) is 182 Å². The second-order valence-electron chi connectivity index (χ2n) is 26.6. The lowest BCUT2D eigenvalue weighted by Crippen LogP contribution is -2.52. The Morgan fingerprint density at radius 3 is 1.67 bits per heavy atom. The third kappa shape index (κ3) is 16.9. The molecule has 7 aromatic rings. The number of phenolic OH excluding ortho intramolecular Hbond substituents is 2. The van der Waals surface area contributed by atoms with Gasteiger partial charge >= 0.3 is 6.97 Å². The molecule has 2 amide bonds. The molecule has 0 unspecified atom stereocenters. The summed E-state index contributed by atoms with van der Waals surface area (Å²) in [6.45, 7) is 17.8. The number of nitrogens with zero attached hydrogens (tertiary/aromatic N) is 18. The third-order valence-electron chi connectivity index (χ3n) is 19.7. The van der Waals surface area contributed by atoms with Crippen LogP contribution in [0.4, 0.5) is 26.5 Å². The molecule has 33 heteroatoms. The Balaban J connectivity index is 0.671. The lowest BCUT2D eigenvalue weighted by atomic mass is 9.85. The summed E-state index contributed by atoms with van der Waals surface area (Å²) in [4.78, 5) is 51.9. The minimum atomic E-state index is -4.06. The highest BCUT2D eigenvalue weighted by molar-refractivity contribution is 14.1. The highest BCUT2D eigenvalue weighted by atomic mass is 127. The smallest absolute Gasteiger partial charge is 0.508 e. The van der Waals surface area contributed by atoms with Crippen molar-refractivity contribution in [1.82, 2.24) is 74.2 Å². The van der Waals surface area contributed by atoms with Gasteiger partial charge in [0.15, 0.2) is 5.70 Å². The van der Waals surface area contributed by atoms with Crippen molar-refractivity contribution in [2.45, 2.75) is 131 Å². The summed E-state index contributed by atoms with van der Waals surface area (Å²) in [5.41, 5.74) is 22.0. The van der Waals surface area contributed by atoms with E-state index in [4.69, 9.17) is 40.6 Å². The highest BCUT2D eigenvalue weighted by Crippen LogP contribution is 2.47. The lowest BCUT2D eigenvalue weighted by Gasteiger charge is -2.38. The van der Waals surface area contributed by atoms with Crippen molar-refractivity contribution in [2.75, 3.05) is 107 Å². The molecule has 2 saturated heterocycles. The van der Waals surface area contributed by atoms with Gasteiger partial charge in [0.25, 0.3) is 0 Å². The number of halogens is 4. The van der Waals surface area contributed by atoms with Crippen LogP contribution in [0.2, 0.25) is 0 Å². The number of anilines is 3. The molecule has 6 atom stereocenters. The molecule has 0 radical (unpaired) electrons. The van der Waals surface area contributed by atoms with Gasteiger partial charge < -0.3 is 78.4 Å². The van der Waals surface area contributed by atoms with E-state index in [1.165, 1.54) is 8.96 Å². The lowest BCUT2D eigenvalue weighted by molar-refractivity contribution is -0.363. The number of benzene rings is 2. The summed E-state index contributed by atoms with van der Waals surface area (Å²) < 4.78 is 59.8. The summed E-state index contributed by atoms with van der Waals surface area (Å²) in [6.07, 6.45) is 9.09. The quantitative estimate of drug-likeness (QED) is 0.0153. The van der Waals surface area contributed by atoms with Gasteiger partial charge in [0.05, 0.1) is 85.3 Å². The maximum absolute atomic E-state index is 16.4. The zero-order chi connectivity index (χ0) is 71.8. The second-order valence-corrected chi connectivity index (χ2v) is 28.7. The number of phenols is 2. The molecule has 0 spiro atoms. The molecule has 0 aliphatic carbocycles. The number of amides is 2. The Morgan fingerprint density at radius 1 is 0.673 bits per heavy atom. The number of piperazine rings is 2. The van der Waals surface area contributed by atoms with Crippen molar-refractivity contribution in [2.24, 2.45) is 23.3 Å². The monoisotopic (exact) mass is 1620 g/mol. The number of ether oxygens (including phenoxy) is 3. The topological polar surface area (TPSA) is 318 Å². The first-order valence-corrected chi connectivity index (χ1v) is 36.9. The van der Waals surface area contributed by atoms with Crippen LogP contribution in [-0.2, 0) is 49.8 Å². The summed E-state index contributed by atoms with van der Waals surface area (Å²) in [5, 5.41) is 49.3. The van der Waals surface area contributed by atoms with E-state index in [-0.39, 0.29) is 41.8 Å². The van der Waals surface area contributed by atoms with E-state index in [0.717, 1.165) is 47.8 Å². The summed E-state index contributed by atoms with van der Waals surface area (Å²) in [7, 11) is 0. The molecule has 2 fully saturated rings. The Kier molecular flexibility index (Phi) is 24.6. The number of hydrogen-bond donors (Lipinski definition) is 5. The van der Waals surface area contributed by atoms with Gasteiger partial charge in [-0.2, -0.15) is 15.0 Å². The molecule has 28 nitrogen and oxygen atoms in total. The third-order valence-corrected chi connectivity index (χ3v) is 22.9. The SMILES string of the molecule is CC[C@H](C)[C@@H](C(=O)N1CCN(c2nc(NCCOCCOCCOCc3cn(CCCC4=C5C(C)=C(I)C(C)=[N+]5[B-](F)(F)n5c(C)c(I)c(C)c54)nn3)nc(N3CCN(C(=O)[C@H]([C@@H](C)CC)n4cc([C@@H](N)Cc5ccc(O)cc5)nn4)CC3)n2)CC1)n1cc([C@@H](N)Cc2ccc(O)cc2)nn1. The van der Waals surface area contributed by atoms with Crippen molar-refractivity contribution in [3.63, 3.8) is 0 Å². The number of allylic oxidation sites excluding steroid dienone is 3. The van der Waals surface area contributed by atoms with Crippen LogP contribution in [0, 0.1) is 29.3 Å². The first kappa shape index (κ1) is 74.6. The van der Waals surface area contributed by atoms with Crippen LogP contribution in [0.5, 0.6) is 11.5 Å². The van der Waals surface area contributed by atoms with E-state index in [1.54, 1.807) is 64.6 Å². The average molecular weight is 1620 g/mol. The minimum Gasteiger partial charge on any atom is -0.508 e. The van der Waals surface area contributed by atoms with Crippen molar-refractivity contribution in [1.29, 1.82) is 0 Å². The molecule has 7 N–H and O–H groups in total. The Labute approximate surface area is 614 Å². The average Bonchev–Trinajstić information content (AvgIpc) is 1.58. The minimum absolute atomic E-state index is 0.0586. The predicted octanol–water partition coefficient (Wildman–Crippen LogP) is 7.72. The molecular weight excluding hydrogens is 1530 g/mol. The van der Waals surface area contributed by atoms with Gasteiger partial charge in [-0.15, -0.1) is 15.3 Å². The van der Waals surface area contributed by atoms with Crippen LogP contribution in [0.15, 0.2) is 82.0 Å². The largest absolute Gasteiger partial charge is 0.737 e. The molecular formula is C68H92BF2I2N21O7. The second kappa shape index (κ2) is 33.3. The van der Waals surface area contributed by atoms with Crippen LogP contribution in [0.25, 0.3) is 5.57 Å². The molecule has 11 rings (SSSR count). The molecule has 542 valence electrons. The number of aromatic hydroxyl groups is 2. The fourth-order valence-electron chi connectivity index (χ4n) is 13.6. The van der Waals surface area contributed by atoms with Gasteiger partial charge in [-0.25, -0.2) is 9.36 Å². The highest BCUT2D eigenvalue weighted by Gasteiger charge is 2.56. The van der Waals surface area contributed by atoms with Crippen molar-refractivity contribution >= 4 is 93.1 Å². The van der Waals surface area contributed by atoms with Gasteiger partial charge in [-0.05, 0) is 150 Å². The zero-order valence-electron chi connectivity index (χ0n) is 58.6. The van der Waals surface area contributed by atoms with Crippen LogP contribution < -0.4 is 26.6 Å². The maximum atomic E-state index is 16.4. The summed E-state index contributed by atoms with van der Waals surface area (Å²) in [5.74, 6) is 1.36. The first-order valence-electron chi connectivity index (χ1n) is 34.8. The first-order chi connectivity index (χ1) is 48.5. The molecule has 4 aliphatic rings. The van der Waals surface area contributed by atoms with Crippen LogP contribution in [0.3, 0.4) is 0 Å². The van der Waals surface area contributed by atoms with Gasteiger partial charge in [-0.1, -0.05) is 80.4 Å². The number of nitrogens with one attached hydrogen (secondary N) is 1. The zero-order valence-corrected chi connectivity index (χ0v) is 62.9.